The van der Waals surface area contributed by atoms with Crippen LogP contribution in [-0.2, 0) is 4.79 Å². The van der Waals surface area contributed by atoms with Gasteiger partial charge in [-0.3, -0.25) is 4.79 Å². The minimum absolute atomic E-state index is 0.0376. The van der Waals surface area contributed by atoms with Crippen LogP contribution in [0.4, 0.5) is 0 Å². The fourth-order valence-corrected chi connectivity index (χ4v) is 2.27. The van der Waals surface area contributed by atoms with E-state index >= 15 is 0 Å². The van der Waals surface area contributed by atoms with Gasteiger partial charge >= 0.3 is 0 Å². The highest BCUT2D eigenvalue weighted by atomic mass is 16.2. The van der Waals surface area contributed by atoms with Gasteiger partial charge in [-0.25, -0.2) is 0 Å². The van der Waals surface area contributed by atoms with Crippen molar-refractivity contribution in [3.63, 3.8) is 0 Å². The van der Waals surface area contributed by atoms with Crippen LogP contribution in [0.1, 0.15) is 32.6 Å². The molecule has 1 saturated carbocycles. The third-order valence-corrected chi connectivity index (χ3v) is 3.49. The molecule has 0 aromatic carbocycles. The van der Waals surface area contributed by atoms with Crippen molar-refractivity contribution in [2.24, 2.45) is 11.1 Å². The molecule has 74 valence electrons. The average molecular weight is 182 g/mol. The van der Waals surface area contributed by atoms with Gasteiger partial charge in [0.05, 0.1) is 0 Å². The molecule has 1 heterocycles. The van der Waals surface area contributed by atoms with E-state index in [0.29, 0.717) is 5.91 Å². The van der Waals surface area contributed by atoms with Crippen LogP contribution in [0.2, 0.25) is 0 Å². The predicted octanol–water partition coefficient (Wildman–Crippen LogP) is 0.736. The first-order valence-electron chi connectivity index (χ1n) is 5.17. The Morgan fingerprint density at radius 1 is 1.54 bits per heavy atom. The van der Waals surface area contributed by atoms with E-state index in [4.69, 9.17) is 5.73 Å². The number of likely N-dealkylation sites (tertiary alicyclic amines) is 1. The summed E-state index contributed by atoms with van der Waals surface area (Å²) in [7, 11) is 0. The van der Waals surface area contributed by atoms with Crippen molar-refractivity contribution in [3.8, 4) is 0 Å². The van der Waals surface area contributed by atoms with Gasteiger partial charge < -0.3 is 10.6 Å². The van der Waals surface area contributed by atoms with Gasteiger partial charge in [-0.15, -0.1) is 0 Å². The van der Waals surface area contributed by atoms with E-state index in [1.807, 2.05) is 4.90 Å². The predicted molar refractivity (Wildman–Crippen MR) is 51.1 cm³/mol. The second-order valence-electron chi connectivity index (χ2n) is 4.71. The van der Waals surface area contributed by atoms with E-state index in [9.17, 15) is 4.79 Å². The summed E-state index contributed by atoms with van der Waals surface area (Å²) in [6.07, 6.45) is 4.32. The van der Waals surface area contributed by atoms with Crippen molar-refractivity contribution in [1.29, 1.82) is 0 Å². The van der Waals surface area contributed by atoms with E-state index in [-0.39, 0.29) is 11.5 Å². The van der Waals surface area contributed by atoms with Crippen molar-refractivity contribution in [2.45, 2.75) is 38.6 Å². The van der Waals surface area contributed by atoms with Crippen molar-refractivity contribution in [3.05, 3.63) is 0 Å². The van der Waals surface area contributed by atoms with Crippen molar-refractivity contribution >= 4 is 5.91 Å². The first kappa shape index (κ1) is 9.00. The van der Waals surface area contributed by atoms with Gasteiger partial charge in [-0.1, -0.05) is 13.3 Å². The molecule has 0 spiro atoms. The maximum Gasteiger partial charge on any atom is 0.228 e. The molecule has 0 unspecified atom stereocenters. The summed E-state index contributed by atoms with van der Waals surface area (Å²) in [6.45, 7) is 3.73. The summed E-state index contributed by atoms with van der Waals surface area (Å²) in [5.41, 5.74) is 5.73. The molecule has 2 rings (SSSR count). The molecule has 2 N–H and O–H groups in total. The molecule has 2 fully saturated rings. The Kier molecular flexibility index (Phi) is 2.06. The standard InChI is InChI=1S/C10H18N2O/c1-10(4-2-5-10)9(13)12-6-3-8(11)7-12/h8H,2-7,11H2,1H3/t8-/m0/s1. The van der Waals surface area contributed by atoms with Crippen molar-refractivity contribution in [1.82, 2.24) is 4.90 Å². The Hall–Kier alpha value is -0.570. The molecule has 1 saturated heterocycles. The fraction of sp³-hybridized carbons (Fsp3) is 0.900. The number of nitrogens with two attached hydrogens (primary N) is 1. The van der Waals surface area contributed by atoms with Crippen LogP contribution in [0, 0.1) is 5.41 Å². The smallest absolute Gasteiger partial charge is 0.228 e. The Labute approximate surface area is 79.3 Å². The lowest BCUT2D eigenvalue weighted by molar-refractivity contribution is -0.144. The number of carbonyl (C=O) groups excluding carboxylic acids is 1. The Morgan fingerprint density at radius 2 is 2.23 bits per heavy atom. The number of carbonyl (C=O) groups is 1. The molecule has 0 aromatic rings. The maximum atomic E-state index is 12.0. The van der Waals surface area contributed by atoms with Crippen LogP contribution < -0.4 is 5.73 Å². The molecule has 2 aliphatic rings. The van der Waals surface area contributed by atoms with E-state index in [0.717, 1.165) is 32.4 Å². The average Bonchev–Trinajstić information content (AvgIpc) is 2.46. The van der Waals surface area contributed by atoms with E-state index in [1.54, 1.807) is 0 Å². The van der Waals surface area contributed by atoms with Crippen LogP contribution >= 0.6 is 0 Å². The van der Waals surface area contributed by atoms with Gasteiger partial charge in [0.2, 0.25) is 5.91 Å². The third-order valence-electron chi connectivity index (χ3n) is 3.49. The lowest BCUT2D eigenvalue weighted by atomic mass is 9.69. The summed E-state index contributed by atoms with van der Waals surface area (Å²) in [5, 5.41) is 0. The number of hydrogen-bond acceptors (Lipinski definition) is 2. The van der Waals surface area contributed by atoms with E-state index in [1.165, 1.54) is 6.42 Å². The molecule has 0 radical (unpaired) electrons. The van der Waals surface area contributed by atoms with Gasteiger partial charge in [0.15, 0.2) is 0 Å². The largest absolute Gasteiger partial charge is 0.341 e. The number of amides is 1. The van der Waals surface area contributed by atoms with Gasteiger partial charge in [-0.2, -0.15) is 0 Å². The zero-order chi connectivity index (χ0) is 9.47. The summed E-state index contributed by atoms with van der Waals surface area (Å²) in [4.78, 5) is 13.9. The molecule has 3 heteroatoms. The molecule has 13 heavy (non-hydrogen) atoms. The van der Waals surface area contributed by atoms with Crippen LogP contribution in [0.25, 0.3) is 0 Å². The first-order chi connectivity index (χ1) is 6.12. The molecule has 3 nitrogen and oxygen atoms in total. The minimum Gasteiger partial charge on any atom is -0.341 e. The van der Waals surface area contributed by atoms with Crippen LogP contribution in [0.3, 0.4) is 0 Å². The normalized spacial score (nSPS) is 31.5. The molecule has 1 aliphatic heterocycles. The van der Waals surface area contributed by atoms with Gasteiger partial charge in [0, 0.05) is 24.5 Å². The second kappa shape index (κ2) is 2.98. The summed E-state index contributed by atoms with van der Waals surface area (Å²) < 4.78 is 0. The highest BCUT2D eigenvalue weighted by Crippen LogP contribution is 2.42. The zero-order valence-electron chi connectivity index (χ0n) is 8.25. The van der Waals surface area contributed by atoms with E-state index < -0.39 is 0 Å². The summed E-state index contributed by atoms with van der Waals surface area (Å²) in [5.74, 6) is 0.340. The van der Waals surface area contributed by atoms with Crippen molar-refractivity contribution in [2.75, 3.05) is 13.1 Å². The highest BCUT2D eigenvalue weighted by Gasteiger charge is 2.42. The summed E-state index contributed by atoms with van der Waals surface area (Å²) >= 11 is 0. The van der Waals surface area contributed by atoms with Crippen LogP contribution in [-0.4, -0.2) is 29.9 Å². The SMILES string of the molecule is CC1(C(=O)N2CC[C@H](N)C2)CCC1. The quantitative estimate of drug-likeness (QED) is 0.650. The van der Waals surface area contributed by atoms with Gasteiger partial charge in [0.25, 0.3) is 0 Å². The second-order valence-corrected chi connectivity index (χ2v) is 4.71. The van der Waals surface area contributed by atoms with Crippen LogP contribution in [0.5, 0.6) is 0 Å². The molecular formula is C10H18N2O. The Balaban J connectivity index is 1.97. The monoisotopic (exact) mass is 182 g/mol. The minimum atomic E-state index is -0.0376. The molecule has 1 aliphatic carbocycles. The molecule has 1 atom stereocenters. The number of hydrogen-bond donors (Lipinski definition) is 1. The van der Waals surface area contributed by atoms with Gasteiger partial charge in [0.1, 0.15) is 0 Å². The summed E-state index contributed by atoms with van der Waals surface area (Å²) in [6, 6.07) is 0.215. The zero-order valence-corrected chi connectivity index (χ0v) is 8.25. The third kappa shape index (κ3) is 1.46. The lowest BCUT2D eigenvalue weighted by Gasteiger charge is -2.39. The number of nitrogens with zero attached hydrogens (tertiary/aromatic N) is 1. The number of rotatable bonds is 1. The van der Waals surface area contributed by atoms with Crippen LogP contribution in [0.15, 0.2) is 0 Å². The molecule has 1 amide bonds. The van der Waals surface area contributed by atoms with Crippen molar-refractivity contribution < 1.29 is 4.79 Å². The highest BCUT2D eigenvalue weighted by molar-refractivity contribution is 5.83. The van der Waals surface area contributed by atoms with E-state index in [2.05, 4.69) is 6.92 Å². The fourth-order valence-electron chi connectivity index (χ4n) is 2.27. The Bertz CT molecular complexity index is 223. The topological polar surface area (TPSA) is 46.3 Å². The lowest BCUT2D eigenvalue weighted by Crippen LogP contribution is -2.45. The first-order valence-corrected chi connectivity index (χ1v) is 5.17. The molecular weight excluding hydrogens is 164 g/mol. The molecule has 0 bridgehead atoms. The maximum absolute atomic E-state index is 12.0. The molecule has 0 aromatic heterocycles. The van der Waals surface area contributed by atoms with Gasteiger partial charge in [-0.05, 0) is 19.3 Å². The Morgan fingerprint density at radius 3 is 2.62 bits per heavy atom.